The van der Waals surface area contributed by atoms with Crippen molar-refractivity contribution in [2.45, 2.75) is 39.2 Å². The highest BCUT2D eigenvalue weighted by atomic mass is 19.1. The molecule has 0 saturated carbocycles. The number of carbonyl (C=O) groups excluding carboxylic acids is 1. The second-order valence-electron chi connectivity index (χ2n) is 5.81. The first-order chi connectivity index (χ1) is 10.3. The number of hydrogen-bond donors (Lipinski definition) is 1. The lowest BCUT2D eigenvalue weighted by Crippen LogP contribution is -2.32. The monoisotopic (exact) mass is 304 g/mol. The van der Waals surface area contributed by atoms with E-state index in [-0.39, 0.29) is 12.2 Å². The highest BCUT2D eigenvalue weighted by Crippen LogP contribution is 2.12. The lowest BCUT2D eigenvalue weighted by molar-refractivity contribution is 0.0529. The molecular formula is C17H21FN2O2. The molecule has 0 unspecified atom stereocenters. The van der Waals surface area contributed by atoms with E-state index in [9.17, 15) is 9.18 Å². The van der Waals surface area contributed by atoms with Crippen molar-refractivity contribution in [2.75, 3.05) is 6.54 Å². The van der Waals surface area contributed by atoms with Gasteiger partial charge in [-0.15, -0.1) is 0 Å². The largest absolute Gasteiger partial charge is 0.444 e. The topological polar surface area (TPSA) is 62.1 Å². The summed E-state index contributed by atoms with van der Waals surface area (Å²) in [6, 6.07) is 6.68. The fourth-order valence-electron chi connectivity index (χ4n) is 1.69. The normalized spacial score (nSPS) is 11.2. The first-order valence-corrected chi connectivity index (χ1v) is 7.10. The molecule has 0 spiro atoms. The van der Waals surface area contributed by atoms with Gasteiger partial charge in [0, 0.05) is 12.1 Å². The summed E-state index contributed by atoms with van der Waals surface area (Å²) < 4.78 is 18.7. The van der Waals surface area contributed by atoms with Gasteiger partial charge < -0.3 is 10.1 Å². The molecule has 0 aliphatic heterocycles. The van der Waals surface area contributed by atoms with Gasteiger partial charge in [-0.05, 0) is 38.8 Å². The van der Waals surface area contributed by atoms with Crippen LogP contribution in [0.25, 0.3) is 6.08 Å². The van der Waals surface area contributed by atoms with Crippen molar-refractivity contribution < 1.29 is 13.9 Å². The maximum atomic E-state index is 13.6. The van der Waals surface area contributed by atoms with E-state index in [1.165, 1.54) is 6.07 Å². The number of rotatable bonds is 5. The summed E-state index contributed by atoms with van der Waals surface area (Å²) in [6.45, 7) is 5.85. The van der Waals surface area contributed by atoms with E-state index in [1.807, 2.05) is 12.1 Å². The summed E-state index contributed by atoms with van der Waals surface area (Å²) >= 11 is 0. The van der Waals surface area contributed by atoms with Crippen LogP contribution in [0.2, 0.25) is 0 Å². The van der Waals surface area contributed by atoms with E-state index < -0.39 is 11.7 Å². The standard InChI is InChI=1S/C17H21FN2O2/c1-17(2,3)22-16(21)20-11-5-4-6-13-7-8-14(9-10-19)15(18)12-13/h4,6-8,12H,5,9,11H2,1-3H3,(H,20,21). The number of hydrogen-bond acceptors (Lipinski definition) is 3. The molecule has 5 heteroatoms. The molecule has 0 radical (unpaired) electrons. The molecule has 0 bridgehead atoms. The van der Waals surface area contributed by atoms with Crippen LogP contribution in [-0.2, 0) is 11.2 Å². The van der Waals surface area contributed by atoms with Crippen LogP contribution in [0.4, 0.5) is 9.18 Å². The van der Waals surface area contributed by atoms with Crippen LogP contribution in [0, 0.1) is 17.1 Å². The Labute approximate surface area is 130 Å². The van der Waals surface area contributed by atoms with Gasteiger partial charge in [0.15, 0.2) is 0 Å². The molecule has 1 aromatic carbocycles. The fraction of sp³-hybridized carbons (Fsp3) is 0.412. The van der Waals surface area contributed by atoms with Gasteiger partial charge >= 0.3 is 6.09 Å². The molecule has 118 valence electrons. The van der Waals surface area contributed by atoms with Crippen molar-refractivity contribution in [3.63, 3.8) is 0 Å². The number of carbonyl (C=O) groups is 1. The van der Waals surface area contributed by atoms with Crippen LogP contribution in [-0.4, -0.2) is 18.2 Å². The molecule has 0 atom stereocenters. The summed E-state index contributed by atoms with van der Waals surface area (Å²) in [5.74, 6) is -0.379. The Kier molecular flexibility index (Phi) is 6.58. The van der Waals surface area contributed by atoms with Crippen molar-refractivity contribution >= 4 is 12.2 Å². The predicted octanol–water partition coefficient (Wildman–Crippen LogP) is 3.82. The van der Waals surface area contributed by atoms with Crippen LogP contribution >= 0.6 is 0 Å². The number of alkyl carbamates (subject to hydrolysis) is 1. The molecule has 0 fully saturated rings. The Morgan fingerprint density at radius 3 is 2.77 bits per heavy atom. The van der Waals surface area contributed by atoms with Crippen LogP contribution in [0.3, 0.4) is 0 Å². The van der Waals surface area contributed by atoms with Crippen molar-refractivity contribution in [1.29, 1.82) is 5.26 Å². The Balaban J connectivity index is 2.39. The minimum absolute atomic E-state index is 0.0651. The molecule has 0 saturated heterocycles. The van der Waals surface area contributed by atoms with E-state index in [0.29, 0.717) is 18.5 Å². The average Bonchev–Trinajstić information content (AvgIpc) is 2.39. The predicted molar refractivity (Wildman–Crippen MR) is 83.6 cm³/mol. The zero-order chi connectivity index (χ0) is 16.6. The highest BCUT2D eigenvalue weighted by Gasteiger charge is 2.15. The van der Waals surface area contributed by atoms with E-state index in [1.54, 1.807) is 39.0 Å². The average molecular weight is 304 g/mol. The Morgan fingerprint density at radius 1 is 1.45 bits per heavy atom. The van der Waals surface area contributed by atoms with Crippen LogP contribution in [0.15, 0.2) is 24.3 Å². The summed E-state index contributed by atoms with van der Waals surface area (Å²) in [5, 5.41) is 11.2. The molecule has 0 aliphatic rings. The summed E-state index contributed by atoms with van der Waals surface area (Å²) in [6.07, 6.45) is 3.84. The third kappa shape index (κ3) is 6.89. The van der Waals surface area contributed by atoms with E-state index in [0.717, 1.165) is 5.56 Å². The van der Waals surface area contributed by atoms with Crippen LogP contribution in [0.1, 0.15) is 38.3 Å². The second kappa shape index (κ2) is 8.18. The van der Waals surface area contributed by atoms with Gasteiger partial charge in [-0.1, -0.05) is 24.3 Å². The van der Waals surface area contributed by atoms with Gasteiger partial charge in [0.1, 0.15) is 11.4 Å². The lowest BCUT2D eigenvalue weighted by atomic mass is 10.1. The lowest BCUT2D eigenvalue weighted by Gasteiger charge is -2.19. The Hall–Kier alpha value is -2.35. The van der Waals surface area contributed by atoms with Crippen molar-refractivity contribution in [3.05, 3.63) is 41.2 Å². The quantitative estimate of drug-likeness (QED) is 0.841. The molecule has 1 aromatic rings. The summed E-state index contributed by atoms with van der Waals surface area (Å²) in [5.41, 5.74) is 0.602. The number of nitrogens with zero attached hydrogens (tertiary/aromatic N) is 1. The number of ether oxygens (including phenoxy) is 1. The number of nitriles is 1. The smallest absolute Gasteiger partial charge is 0.407 e. The third-order valence-electron chi connectivity index (χ3n) is 2.64. The zero-order valence-corrected chi connectivity index (χ0v) is 13.1. The fourth-order valence-corrected chi connectivity index (χ4v) is 1.69. The third-order valence-corrected chi connectivity index (χ3v) is 2.64. The molecular weight excluding hydrogens is 283 g/mol. The molecule has 4 nitrogen and oxygen atoms in total. The van der Waals surface area contributed by atoms with Gasteiger partial charge in [-0.25, -0.2) is 9.18 Å². The van der Waals surface area contributed by atoms with E-state index >= 15 is 0 Å². The van der Waals surface area contributed by atoms with Crippen LogP contribution < -0.4 is 5.32 Å². The number of amides is 1. The van der Waals surface area contributed by atoms with Gasteiger partial charge in [0.05, 0.1) is 12.5 Å². The second-order valence-corrected chi connectivity index (χ2v) is 5.81. The summed E-state index contributed by atoms with van der Waals surface area (Å²) in [4.78, 5) is 11.4. The van der Waals surface area contributed by atoms with Gasteiger partial charge in [0.2, 0.25) is 0 Å². The number of nitrogens with one attached hydrogen (secondary N) is 1. The minimum atomic E-state index is -0.511. The molecule has 1 N–H and O–H groups in total. The first kappa shape index (κ1) is 17.7. The molecule has 0 aromatic heterocycles. The maximum Gasteiger partial charge on any atom is 0.407 e. The van der Waals surface area contributed by atoms with Crippen molar-refractivity contribution in [3.8, 4) is 6.07 Å². The zero-order valence-electron chi connectivity index (χ0n) is 13.1. The number of benzene rings is 1. The van der Waals surface area contributed by atoms with Crippen molar-refractivity contribution in [2.24, 2.45) is 0 Å². The van der Waals surface area contributed by atoms with Crippen molar-refractivity contribution in [1.82, 2.24) is 5.32 Å². The maximum absolute atomic E-state index is 13.6. The molecule has 1 rings (SSSR count). The molecule has 0 heterocycles. The van der Waals surface area contributed by atoms with Gasteiger partial charge in [-0.2, -0.15) is 5.26 Å². The Morgan fingerprint density at radius 2 is 2.18 bits per heavy atom. The molecule has 22 heavy (non-hydrogen) atoms. The van der Waals surface area contributed by atoms with E-state index in [2.05, 4.69) is 5.32 Å². The minimum Gasteiger partial charge on any atom is -0.444 e. The SMILES string of the molecule is CC(C)(C)OC(=O)NCCC=Cc1ccc(CC#N)c(F)c1. The molecule has 0 aliphatic carbocycles. The first-order valence-electron chi connectivity index (χ1n) is 7.10. The highest BCUT2D eigenvalue weighted by molar-refractivity contribution is 5.67. The van der Waals surface area contributed by atoms with Gasteiger partial charge in [0.25, 0.3) is 0 Å². The number of halogens is 1. The van der Waals surface area contributed by atoms with Crippen LogP contribution in [0.5, 0.6) is 0 Å². The van der Waals surface area contributed by atoms with E-state index in [4.69, 9.17) is 10.00 Å². The summed E-state index contributed by atoms with van der Waals surface area (Å²) in [7, 11) is 0. The van der Waals surface area contributed by atoms with Gasteiger partial charge in [-0.3, -0.25) is 0 Å². The molecule has 1 amide bonds. The Bertz CT molecular complexity index is 583.